The van der Waals surface area contributed by atoms with E-state index in [4.69, 9.17) is 30.9 Å². The summed E-state index contributed by atoms with van der Waals surface area (Å²) < 4.78 is 17.6. The SMILES string of the molecule is CCOc1ccccc1[C@@H]1Oc2ccc(Cl)cc2[C@@H]2CC(c3ccc(OC)cc3)=NN21. The zero-order chi connectivity index (χ0) is 21.4. The van der Waals surface area contributed by atoms with Gasteiger partial charge in [0.05, 0.1) is 31.0 Å². The summed E-state index contributed by atoms with van der Waals surface area (Å²) in [7, 11) is 1.67. The Morgan fingerprint density at radius 2 is 1.87 bits per heavy atom. The third kappa shape index (κ3) is 3.59. The van der Waals surface area contributed by atoms with E-state index in [1.165, 1.54) is 0 Å². The molecule has 31 heavy (non-hydrogen) atoms. The minimum Gasteiger partial charge on any atom is -0.497 e. The molecule has 0 saturated carbocycles. The molecule has 2 aliphatic rings. The highest BCUT2D eigenvalue weighted by Gasteiger charge is 2.42. The van der Waals surface area contributed by atoms with Gasteiger partial charge in [0.1, 0.15) is 17.2 Å². The topological polar surface area (TPSA) is 43.3 Å². The highest BCUT2D eigenvalue weighted by molar-refractivity contribution is 6.30. The van der Waals surface area contributed by atoms with E-state index in [0.717, 1.165) is 46.1 Å². The Balaban J connectivity index is 1.59. The maximum absolute atomic E-state index is 6.45. The fourth-order valence-corrected chi connectivity index (χ4v) is 4.37. The van der Waals surface area contributed by atoms with Crippen LogP contribution in [0.3, 0.4) is 0 Å². The number of methoxy groups -OCH3 is 1. The van der Waals surface area contributed by atoms with Gasteiger partial charge in [-0.3, -0.25) is 0 Å². The van der Waals surface area contributed by atoms with Crippen LogP contribution in [0, 0.1) is 0 Å². The Labute approximate surface area is 186 Å². The van der Waals surface area contributed by atoms with Crippen molar-refractivity contribution in [2.45, 2.75) is 25.6 Å². The number of halogens is 1. The van der Waals surface area contributed by atoms with Gasteiger partial charge in [0, 0.05) is 17.0 Å². The number of ether oxygens (including phenoxy) is 3. The Morgan fingerprint density at radius 1 is 1.06 bits per heavy atom. The third-order valence-corrected chi connectivity index (χ3v) is 5.90. The molecule has 5 nitrogen and oxygen atoms in total. The van der Waals surface area contributed by atoms with E-state index in [1.807, 2.05) is 78.7 Å². The van der Waals surface area contributed by atoms with E-state index < -0.39 is 6.23 Å². The number of fused-ring (bicyclic) bond motifs is 3. The molecule has 2 heterocycles. The summed E-state index contributed by atoms with van der Waals surface area (Å²) in [6, 6.07) is 21.8. The van der Waals surface area contributed by atoms with Crippen molar-refractivity contribution in [1.29, 1.82) is 0 Å². The molecular weight excluding hydrogens is 412 g/mol. The fourth-order valence-electron chi connectivity index (χ4n) is 4.19. The van der Waals surface area contributed by atoms with Gasteiger partial charge in [0.25, 0.3) is 0 Å². The quantitative estimate of drug-likeness (QED) is 0.494. The molecule has 0 amide bonds. The first kappa shape index (κ1) is 19.8. The second-order valence-corrected chi connectivity index (χ2v) is 7.93. The van der Waals surface area contributed by atoms with Gasteiger partial charge in [-0.2, -0.15) is 5.10 Å². The predicted octanol–water partition coefficient (Wildman–Crippen LogP) is 5.99. The zero-order valence-corrected chi connectivity index (χ0v) is 18.2. The fraction of sp³-hybridized carbons (Fsp3) is 0.240. The highest BCUT2D eigenvalue weighted by Crippen LogP contribution is 2.49. The summed E-state index contributed by atoms with van der Waals surface area (Å²) in [5, 5.41) is 7.73. The largest absolute Gasteiger partial charge is 0.497 e. The Bertz CT molecular complexity index is 1130. The van der Waals surface area contributed by atoms with Crippen LogP contribution in [0.2, 0.25) is 5.02 Å². The second-order valence-electron chi connectivity index (χ2n) is 7.50. The van der Waals surface area contributed by atoms with Crippen LogP contribution in [0.25, 0.3) is 0 Å². The van der Waals surface area contributed by atoms with E-state index in [0.29, 0.717) is 11.6 Å². The smallest absolute Gasteiger partial charge is 0.217 e. The van der Waals surface area contributed by atoms with Crippen LogP contribution in [0.5, 0.6) is 17.2 Å². The van der Waals surface area contributed by atoms with Crippen LogP contribution in [0.4, 0.5) is 0 Å². The first-order valence-corrected chi connectivity index (χ1v) is 10.7. The molecule has 0 unspecified atom stereocenters. The number of nitrogens with zero attached hydrogens (tertiary/aromatic N) is 2. The minimum atomic E-state index is -0.392. The van der Waals surface area contributed by atoms with Crippen molar-refractivity contribution >= 4 is 17.3 Å². The molecule has 0 aliphatic carbocycles. The van der Waals surface area contributed by atoms with Crippen LogP contribution in [-0.2, 0) is 0 Å². The molecule has 3 aromatic rings. The average molecular weight is 435 g/mol. The molecule has 0 bridgehead atoms. The molecule has 0 fully saturated rings. The monoisotopic (exact) mass is 434 g/mol. The molecule has 0 N–H and O–H groups in total. The molecule has 2 aliphatic heterocycles. The standard InChI is InChI=1S/C25H23ClN2O3/c1-3-30-23-7-5-4-6-19(23)25-28-22(20-14-17(26)10-13-24(20)31-25)15-21(27-28)16-8-11-18(29-2)12-9-16/h4-14,22,25H,3,15H2,1-2H3/t22-,25-/m0/s1. The number of hydrazone groups is 1. The van der Waals surface area contributed by atoms with E-state index in [-0.39, 0.29) is 6.04 Å². The molecule has 158 valence electrons. The van der Waals surface area contributed by atoms with E-state index in [2.05, 4.69) is 0 Å². The maximum Gasteiger partial charge on any atom is 0.217 e. The van der Waals surface area contributed by atoms with Crippen LogP contribution >= 0.6 is 11.6 Å². The van der Waals surface area contributed by atoms with Crippen molar-refractivity contribution in [1.82, 2.24) is 5.01 Å². The lowest BCUT2D eigenvalue weighted by Crippen LogP contribution is -2.34. The predicted molar refractivity (Wildman–Crippen MR) is 121 cm³/mol. The second kappa shape index (κ2) is 8.16. The minimum absolute atomic E-state index is 0.0271. The summed E-state index contributed by atoms with van der Waals surface area (Å²) in [6.07, 6.45) is 0.369. The molecule has 3 aromatic carbocycles. The van der Waals surface area contributed by atoms with E-state index in [1.54, 1.807) is 7.11 Å². The van der Waals surface area contributed by atoms with Crippen molar-refractivity contribution in [2.75, 3.05) is 13.7 Å². The summed E-state index contributed by atoms with van der Waals surface area (Å²) in [6.45, 7) is 2.56. The first-order chi connectivity index (χ1) is 15.2. The van der Waals surface area contributed by atoms with E-state index >= 15 is 0 Å². The molecule has 0 spiro atoms. The molecule has 6 heteroatoms. The number of para-hydroxylation sites is 1. The first-order valence-electron chi connectivity index (χ1n) is 10.4. The lowest BCUT2D eigenvalue weighted by Gasteiger charge is -2.38. The molecule has 5 rings (SSSR count). The molecule has 0 saturated heterocycles. The molecule has 0 radical (unpaired) electrons. The summed E-state index contributed by atoms with van der Waals surface area (Å²) in [4.78, 5) is 0. The van der Waals surface area contributed by atoms with Crippen molar-refractivity contribution < 1.29 is 14.2 Å². The van der Waals surface area contributed by atoms with Gasteiger partial charge >= 0.3 is 0 Å². The normalized spacial score (nSPS) is 19.2. The van der Waals surface area contributed by atoms with E-state index in [9.17, 15) is 0 Å². The summed E-state index contributed by atoms with van der Waals surface area (Å²) in [5.41, 5.74) is 4.07. The van der Waals surface area contributed by atoms with Crippen LogP contribution in [0.1, 0.15) is 42.3 Å². The number of benzene rings is 3. The molecule has 2 atom stereocenters. The maximum atomic E-state index is 6.45. The highest BCUT2D eigenvalue weighted by atomic mass is 35.5. The van der Waals surface area contributed by atoms with Gasteiger partial charge in [-0.1, -0.05) is 23.7 Å². The third-order valence-electron chi connectivity index (χ3n) is 5.66. The van der Waals surface area contributed by atoms with Gasteiger partial charge in [0.15, 0.2) is 0 Å². The summed E-state index contributed by atoms with van der Waals surface area (Å²) in [5.74, 6) is 2.46. The van der Waals surface area contributed by atoms with Gasteiger partial charge in [0.2, 0.25) is 6.23 Å². The van der Waals surface area contributed by atoms with Crippen LogP contribution in [0.15, 0.2) is 71.8 Å². The average Bonchev–Trinajstić information content (AvgIpc) is 3.25. The van der Waals surface area contributed by atoms with Gasteiger partial charge in [-0.15, -0.1) is 0 Å². The number of hydrogen-bond donors (Lipinski definition) is 0. The summed E-state index contributed by atoms with van der Waals surface area (Å²) >= 11 is 6.33. The Morgan fingerprint density at radius 3 is 2.65 bits per heavy atom. The lowest BCUT2D eigenvalue weighted by atomic mass is 9.95. The number of rotatable bonds is 5. The van der Waals surface area contributed by atoms with Crippen LogP contribution < -0.4 is 14.2 Å². The number of hydrogen-bond acceptors (Lipinski definition) is 5. The molecule has 0 aromatic heterocycles. The lowest BCUT2D eigenvalue weighted by molar-refractivity contribution is -0.0205. The van der Waals surface area contributed by atoms with Crippen LogP contribution in [-0.4, -0.2) is 24.4 Å². The Hall–Kier alpha value is -3.18. The van der Waals surface area contributed by atoms with Gasteiger partial charge in [-0.25, -0.2) is 5.01 Å². The zero-order valence-electron chi connectivity index (χ0n) is 17.4. The Kier molecular flexibility index (Phi) is 5.20. The van der Waals surface area contributed by atoms with Gasteiger partial charge < -0.3 is 14.2 Å². The van der Waals surface area contributed by atoms with Gasteiger partial charge in [-0.05, 0) is 67.1 Å². The van der Waals surface area contributed by atoms with Crippen molar-refractivity contribution in [3.05, 3.63) is 88.4 Å². The van der Waals surface area contributed by atoms with Crippen molar-refractivity contribution in [3.8, 4) is 17.2 Å². The molecular formula is C25H23ClN2O3. The van der Waals surface area contributed by atoms with Crippen molar-refractivity contribution in [3.63, 3.8) is 0 Å². The van der Waals surface area contributed by atoms with Crippen molar-refractivity contribution in [2.24, 2.45) is 5.10 Å².